The second kappa shape index (κ2) is 5.62. The first kappa shape index (κ1) is 13.1. The van der Waals surface area contributed by atoms with E-state index in [1.807, 2.05) is 6.92 Å². The SMILES string of the molecule is CCNCc1c(Sc2nc(C)cs2)nc2sccn12. The van der Waals surface area contributed by atoms with Crippen LogP contribution in [-0.2, 0) is 6.54 Å². The molecule has 0 saturated carbocycles. The Labute approximate surface area is 123 Å². The predicted octanol–water partition coefficient (Wildman–Crippen LogP) is 3.42. The molecule has 0 amide bonds. The summed E-state index contributed by atoms with van der Waals surface area (Å²) in [7, 11) is 0. The number of fused-ring (bicyclic) bond motifs is 1. The molecule has 7 heteroatoms. The number of thiazole rings is 2. The molecule has 0 aliphatic rings. The third-order valence-electron chi connectivity index (χ3n) is 2.65. The van der Waals surface area contributed by atoms with Crippen LogP contribution >= 0.6 is 34.4 Å². The molecule has 4 nitrogen and oxygen atoms in total. The van der Waals surface area contributed by atoms with Crippen molar-refractivity contribution in [1.29, 1.82) is 0 Å². The molecule has 0 bridgehead atoms. The van der Waals surface area contributed by atoms with Gasteiger partial charge in [-0.15, -0.1) is 22.7 Å². The molecule has 0 atom stereocenters. The molecule has 0 fully saturated rings. The molecule has 100 valence electrons. The Kier molecular flexibility index (Phi) is 3.88. The van der Waals surface area contributed by atoms with Gasteiger partial charge in [-0.3, -0.25) is 4.40 Å². The Hall–Kier alpha value is -0.890. The van der Waals surface area contributed by atoms with Crippen LogP contribution < -0.4 is 5.32 Å². The lowest BCUT2D eigenvalue weighted by Crippen LogP contribution is -2.13. The molecule has 0 spiro atoms. The summed E-state index contributed by atoms with van der Waals surface area (Å²) in [5.74, 6) is 0. The van der Waals surface area contributed by atoms with Crippen LogP contribution in [0.3, 0.4) is 0 Å². The van der Waals surface area contributed by atoms with Crippen molar-refractivity contribution in [2.75, 3.05) is 6.54 Å². The number of aryl methyl sites for hydroxylation is 1. The summed E-state index contributed by atoms with van der Waals surface area (Å²) in [5.41, 5.74) is 2.29. The Balaban J connectivity index is 1.94. The molecule has 3 aromatic heterocycles. The Morgan fingerprint density at radius 1 is 1.37 bits per heavy atom. The third-order valence-corrected chi connectivity index (χ3v) is 5.48. The van der Waals surface area contributed by atoms with E-state index >= 15 is 0 Å². The van der Waals surface area contributed by atoms with Gasteiger partial charge in [0.25, 0.3) is 0 Å². The first-order valence-corrected chi connectivity index (χ1v) is 8.60. The fraction of sp³-hybridized carbons (Fsp3) is 0.333. The average Bonchev–Trinajstić information content (AvgIpc) is 3.05. The molecule has 1 N–H and O–H groups in total. The number of hydrogen-bond donors (Lipinski definition) is 1. The van der Waals surface area contributed by atoms with Crippen molar-refractivity contribution in [3.63, 3.8) is 0 Å². The van der Waals surface area contributed by atoms with Crippen LogP contribution in [0.4, 0.5) is 0 Å². The summed E-state index contributed by atoms with van der Waals surface area (Å²) in [6, 6.07) is 0. The molecule has 3 aromatic rings. The quantitative estimate of drug-likeness (QED) is 0.784. The second-order valence-corrected chi connectivity index (χ2v) is 7.02. The van der Waals surface area contributed by atoms with Gasteiger partial charge in [0, 0.05) is 29.2 Å². The van der Waals surface area contributed by atoms with Gasteiger partial charge in [0.1, 0.15) is 5.03 Å². The van der Waals surface area contributed by atoms with Crippen molar-refractivity contribution in [2.45, 2.75) is 29.8 Å². The van der Waals surface area contributed by atoms with Gasteiger partial charge in [-0.1, -0.05) is 6.92 Å². The van der Waals surface area contributed by atoms with E-state index in [4.69, 9.17) is 4.98 Å². The minimum Gasteiger partial charge on any atom is -0.311 e. The van der Waals surface area contributed by atoms with E-state index in [9.17, 15) is 0 Å². The standard InChI is InChI=1S/C12H14N4S3/c1-3-13-6-9-10(15-11-16(9)4-5-17-11)19-12-14-8(2)7-18-12/h4-5,7,13H,3,6H2,1-2H3. The summed E-state index contributed by atoms with van der Waals surface area (Å²) < 4.78 is 3.22. The lowest BCUT2D eigenvalue weighted by atomic mass is 10.4. The highest BCUT2D eigenvalue weighted by Gasteiger charge is 2.15. The van der Waals surface area contributed by atoms with Crippen molar-refractivity contribution in [2.24, 2.45) is 0 Å². The van der Waals surface area contributed by atoms with Gasteiger partial charge in [-0.2, -0.15) is 0 Å². The highest BCUT2D eigenvalue weighted by atomic mass is 32.2. The van der Waals surface area contributed by atoms with Crippen LogP contribution in [0.2, 0.25) is 0 Å². The van der Waals surface area contributed by atoms with Crippen LogP contribution in [0.5, 0.6) is 0 Å². The first-order chi connectivity index (χ1) is 9.28. The largest absolute Gasteiger partial charge is 0.311 e. The van der Waals surface area contributed by atoms with E-state index in [2.05, 4.69) is 38.6 Å². The number of rotatable bonds is 5. The van der Waals surface area contributed by atoms with Crippen molar-refractivity contribution >= 4 is 39.4 Å². The van der Waals surface area contributed by atoms with Crippen molar-refractivity contribution < 1.29 is 0 Å². The van der Waals surface area contributed by atoms with Gasteiger partial charge in [-0.05, 0) is 25.2 Å². The fourth-order valence-electron chi connectivity index (χ4n) is 1.76. The molecule has 3 heterocycles. The van der Waals surface area contributed by atoms with Crippen LogP contribution in [-0.4, -0.2) is 20.9 Å². The van der Waals surface area contributed by atoms with E-state index in [-0.39, 0.29) is 0 Å². The normalized spacial score (nSPS) is 11.5. The molecular weight excluding hydrogens is 296 g/mol. The summed E-state index contributed by atoms with van der Waals surface area (Å²) >= 11 is 5.00. The number of hydrogen-bond acceptors (Lipinski definition) is 6. The van der Waals surface area contributed by atoms with Gasteiger partial charge >= 0.3 is 0 Å². The highest BCUT2D eigenvalue weighted by Crippen LogP contribution is 2.33. The summed E-state index contributed by atoms with van der Waals surface area (Å²) in [5, 5.41) is 8.58. The fourth-order valence-corrected chi connectivity index (χ4v) is 4.42. The van der Waals surface area contributed by atoms with E-state index in [0.717, 1.165) is 33.1 Å². The van der Waals surface area contributed by atoms with Gasteiger partial charge in [0.15, 0.2) is 9.30 Å². The van der Waals surface area contributed by atoms with E-state index in [1.165, 1.54) is 5.69 Å². The highest BCUT2D eigenvalue weighted by molar-refractivity contribution is 8.01. The number of nitrogens with one attached hydrogen (secondary N) is 1. The number of aromatic nitrogens is 3. The average molecular weight is 310 g/mol. The van der Waals surface area contributed by atoms with Gasteiger partial charge in [0.05, 0.1) is 5.69 Å². The summed E-state index contributed by atoms with van der Waals surface area (Å²) in [6.07, 6.45) is 2.08. The zero-order valence-electron chi connectivity index (χ0n) is 10.7. The molecule has 19 heavy (non-hydrogen) atoms. The minimum atomic E-state index is 0.834. The van der Waals surface area contributed by atoms with Gasteiger partial charge in [-0.25, -0.2) is 9.97 Å². The maximum atomic E-state index is 4.70. The second-order valence-electron chi connectivity index (χ2n) is 4.06. The van der Waals surface area contributed by atoms with E-state index < -0.39 is 0 Å². The molecular formula is C12H14N4S3. The van der Waals surface area contributed by atoms with Crippen LogP contribution in [0, 0.1) is 6.92 Å². The summed E-state index contributed by atoms with van der Waals surface area (Å²) in [6.45, 7) is 5.92. The summed E-state index contributed by atoms with van der Waals surface area (Å²) in [4.78, 5) is 10.2. The molecule has 0 aliphatic carbocycles. The zero-order chi connectivity index (χ0) is 13.2. The van der Waals surface area contributed by atoms with Crippen LogP contribution in [0.15, 0.2) is 26.3 Å². The molecule has 0 saturated heterocycles. The minimum absolute atomic E-state index is 0.834. The first-order valence-electron chi connectivity index (χ1n) is 6.03. The lowest BCUT2D eigenvalue weighted by Gasteiger charge is -2.03. The van der Waals surface area contributed by atoms with Crippen molar-refractivity contribution in [3.05, 3.63) is 28.3 Å². The maximum absolute atomic E-state index is 4.70. The van der Waals surface area contributed by atoms with E-state index in [1.54, 1.807) is 34.4 Å². The lowest BCUT2D eigenvalue weighted by molar-refractivity contribution is 0.694. The Bertz CT molecular complexity index is 682. The van der Waals surface area contributed by atoms with E-state index in [0.29, 0.717) is 0 Å². The molecule has 0 aliphatic heterocycles. The van der Waals surface area contributed by atoms with Crippen LogP contribution in [0.25, 0.3) is 4.96 Å². The number of nitrogens with zero attached hydrogens (tertiary/aromatic N) is 3. The van der Waals surface area contributed by atoms with Gasteiger partial charge in [0.2, 0.25) is 0 Å². The number of imidazole rings is 1. The Morgan fingerprint density at radius 2 is 2.26 bits per heavy atom. The van der Waals surface area contributed by atoms with Crippen molar-refractivity contribution in [1.82, 2.24) is 19.7 Å². The van der Waals surface area contributed by atoms with Gasteiger partial charge < -0.3 is 5.32 Å². The monoisotopic (exact) mass is 310 g/mol. The molecule has 3 rings (SSSR count). The zero-order valence-corrected chi connectivity index (χ0v) is 13.2. The molecule has 0 unspecified atom stereocenters. The molecule has 0 aromatic carbocycles. The third kappa shape index (κ3) is 2.69. The molecule has 0 radical (unpaired) electrons. The maximum Gasteiger partial charge on any atom is 0.194 e. The smallest absolute Gasteiger partial charge is 0.194 e. The topological polar surface area (TPSA) is 42.2 Å². The van der Waals surface area contributed by atoms with Crippen LogP contribution in [0.1, 0.15) is 18.3 Å². The van der Waals surface area contributed by atoms with Crippen molar-refractivity contribution in [3.8, 4) is 0 Å². The predicted molar refractivity (Wildman–Crippen MR) is 81.4 cm³/mol. The Morgan fingerprint density at radius 3 is 3.00 bits per heavy atom.